The molecule has 2 rings (SSSR count). The Morgan fingerprint density at radius 1 is 1.17 bits per heavy atom. The highest BCUT2D eigenvalue weighted by atomic mass is 31.2. The first kappa shape index (κ1) is 7.84. The minimum Gasteiger partial charge on any atom is -0.274 e. The molecule has 1 aromatic carbocycles. The van der Waals surface area contributed by atoms with Crippen LogP contribution < -0.4 is 9.05 Å². The monoisotopic (exact) mass is 185 g/mol. The quantitative estimate of drug-likeness (QED) is 0.629. The summed E-state index contributed by atoms with van der Waals surface area (Å²) in [6.07, 6.45) is 0. The van der Waals surface area contributed by atoms with E-state index in [9.17, 15) is 0 Å². The fourth-order valence-electron chi connectivity index (χ4n) is 1.05. The second kappa shape index (κ2) is 2.61. The highest BCUT2D eigenvalue weighted by Crippen LogP contribution is 2.64. The topological polar surface area (TPSA) is 27.7 Å². The average molecular weight is 185 g/mol. The largest absolute Gasteiger partial charge is 0.494 e. The van der Waals surface area contributed by atoms with Gasteiger partial charge in [-0.05, 0) is 12.1 Å². The van der Waals surface area contributed by atoms with Gasteiger partial charge in [0.1, 0.15) is 6.66 Å². The fourth-order valence-corrected chi connectivity index (χ4v) is 2.25. The van der Waals surface area contributed by atoms with E-state index in [2.05, 4.69) is 0 Å². The van der Waals surface area contributed by atoms with Crippen LogP contribution in [0.5, 0.6) is 11.5 Å². The Balaban J connectivity index is 2.33. The second-order valence-electron chi connectivity index (χ2n) is 2.58. The molecule has 0 saturated heterocycles. The minimum absolute atomic E-state index is 0.773. The molecule has 0 N–H and O–H groups in total. The highest BCUT2D eigenvalue weighted by Gasteiger charge is 2.47. The van der Waals surface area contributed by atoms with Crippen LogP contribution in [-0.4, -0.2) is 13.8 Å². The standard InChI is InChI=1S/C8H10O3P/c1-9-12(2)10-7-5-3-4-6-8(7)11-12/h3-6H,1-2H3/q+1. The van der Waals surface area contributed by atoms with Crippen LogP contribution in [0.15, 0.2) is 24.3 Å². The number of hydrogen-bond donors (Lipinski definition) is 0. The summed E-state index contributed by atoms with van der Waals surface area (Å²) >= 11 is 0. The molecule has 1 heterocycles. The van der Waals surface area contributed by atoms with E-state index < -0.39 is 7.94 Å². The lowest BCUT2D eigenvalue weighted by molar-refractivity contribution is 0.329. The molecule has 12 heavy (non-hydrogen) atoms. The van der Waals surface area contributed by atoms with Gasteiger partial charge in [0.2, 0.25) is 11.5 Å². The molecular formula is C8H10O3P+. The predicted molar refractivity (Wildman–Crippen MR) is 47.6 cm³/mol. The zero-order chi connectivity index (χ0) is 8.60. The van der Waals surface area contributed by atoms with Gasteiger partial charge in [-0.25, -0.2) is 0 Å². The first-order chi connectivity index (χ1) is 5.73. The van der Waals surface area contributed by atoms with Gasteiger partial charge >= 0.3 is 7.94 Å². The van der Waals surface area contributed by atoms with Crippen molar-refractivity contribution in [2.75, 3.05) is 13.8 Å². The number of rotatable bonds is 1. The van der Waals surface area contributed by atoms with E-state index >= 15 is 0 Å². The molecule has 0 saturated carbocycles. The molecule has 0 unspecified atom stereocenters. The molecule has 1 aliphatic heterocycles. The molecule has 0 radical (unpaired) electrons. The van der Waals surface area contributed by atoms with Gasteiger partial charge in [0.05, 0.1) is 7.11 Å². The van der Waals surface area contributed by atoms with Crippen LogP contribution in [0.3, 0.4) is 0 Å². The van der Waals surface area contributed by atoms with E-state index in [0.29, 0.717) is 0 Å². The van der Waals surface area contributed by atoms with Crippen LogP contribution >= 0.6 is 7.94 Å². The molecule has 1 aromatic rings. The maximum Gasteiger partial charge on any atom is 0.494 e. The third-order valence-electron chi connectivity index (χ3n) is 1.71. The number of fused-ring (bicyclic) bond motifs is 1. The van der Waals surface area contributed by atoms with E-state index in [1.165, 1.54) is 0 Å². The van der Waals surface area contributed by atoms with E-state index in [1.54, 1.807) is 7.11 Å². The van der Waals surface area contributed by atoms with Crippen molar-refractivity contribution < 1.29 is 13.6 Å². The van der Waals surface area contributed by atoms with Gasteiger partial charge in [-0.1, -0.05) is 12.1 Å². The molecule has 3 nitrogen and oxygen atoms in total. The van der Waals surface area contributed by atoms with Gasteiger partial charge in [0, 0.05) is 0 Å². The van der Waals surface area contributed by atoms with E-state index in [0.717, 1.165) is 11.5 Å². The number of benzene rings is 1. The number of hydrogen-bond acceptors (Lipinski definition) is 3. The lowest BCUT2D eigenvalue weighted by atomic mass is 10.3. The van der Waals surface area contributed by atoms with E-state index in [-0.39, 0.29) is 0 Å². The first-order valence-electron chi connectivity index (χ1n) is 3.64. The predicted octanol–water partition coefficient (Wildman–Crippen LogP) is 2.50. The van der Waals surface area contributed by atoms with Crippen molar-refractivity contribution in [1.29, 1.82) is 0 Å². The molecular weight excluding hydrogens is 175 g/mol. The first-order valence-corrected chi connectivity index (χ1v) is 5.63. The summed E-state index contributed by atoms with van der Waals surface area (Å²) in [5, 5.41) is 0. The molecule has 1 aliphatic rings. The van der Waals surface area contributed by atoms with Crippen molar-refractivity contribution in [1.82, 2.24) is 0 Å². The summed E-state index contributed by atoms with van der Waals surface area (Å²) in [7, 11) is -0.486. The van der Waals surface area contributed by atoms with Crippen LogP contribution in [0.1, 0.15) is 0 Å². The normalized spacial score (nSPS) is 17.8. The zero-order valence-corrected chi connectivity index (χ0v) is 7.88. The van der Waals surface area contributed by atoms with Gasteiger partial charge in [-0.15, -0.1) is 0 Å². The van der Waals surface area contributed by atoms with E-state index in [4.69, 9.17) is 13.6 Å². The lowest BCUT2D eigenvalue weighted by Gasteiger charge is -2.06. The Morgan fingerprint density at radius 2 is 1.67 bits per heavy atom. The third kappa shape index (κ3) is 1.15. The number of para-hydroxylation sites is 2. The average Bonchev–Trinajstić information content (AvgIpc) is 2.42. The Labute approximate surface area is 71.8 Å². The summed E-state index contributed by atoms with van der Waals surface area (Å²) < 4.78 is 16.2. The van der Waals surface area contributed by atoms with Crippen LogP contribution in [-0.2, 0) is 4.52 Å². The summed E-state index contributed by atoms with van der Waals surface area (Å²) in [6, 6.07) is 7.57. The molecule has 0 bridgehead atoms. The Bertz CT molecular complexity index is 275. The minimum atomic E-state index is -2.08. The third-order valence-corrected chi connectivity index (χ3v) is 3.43. The molecule has 4 heteroatoms. The highest BCUT2D eigenvalue weighted by molar-refractivity contribution is 7.61. The second-order valence-corrected chi connectivity index (χ2v) is 4.86. The summed E-state index contributed by atoms with van der Waals surface area (Å²) in [5.41, 5.74) is 0. The Kier molecular flexibility index (Phi) is 1.71. The van der Waals surface area contributed by atoms with Crippen LogP contribution in [0.25, 0.3) is 0 Å². The molecule has 64 valence electrons. The summed E-state index contributed by atoms with van der Waals surface area (Å²) in [4.78, 5) is 0. The van der Waals surface area contributed by atoms with Gasteiger partial charge in [-0.3, -0.25) is 9.05 Å². The van der Waals surface area contributed by atoms with Crippen LogP contribution in [0, 0.1) is 0 Å². The molecule has 0 atom stereocenters. The SMILES string of the molecule is CO[P+]1(C)Oc2ccccc2O1. The van der Waals surface area contributed by atoms with Gasteiger partial charge < -0.3 is 0 Å². The molecule has 0 amide bonds. The fraction of sp³-hybridized carbons (Fsp3) is 0.250. The smallest absolute Gasteiger partial charge is 0.274 e. The van der Waals surface area contributed by atoms with Gasteiger partial charge in [0.25, 0.3) is 0 Å². The molecule has 0 aliphatic carbocycles. The molecule has 0 fully saturated rings. The van der Waals surface area contributed by atoms with Crippen molar-refractivity contribution in [3.63, 3.8) is 0 Å². The van der Waals surface area contributed by atoms with Crippen LogP contribution in [0.2, 0.25) is 0 Å². The maximum atomic E-state index is 5.51. The van der Waals surface area contributed by atoms with Crippen molar-refractivity contribution in [3.05, 3.63) is 24.3 Å². The maximum absolute atomic E-state index is 5.51. The van der Waals surface area contributed by atoms with Gasteiger partial charge in [-0.2, -0.15) is 4.52 Å². The molecule has 0 aromatic heterocycles. The Morgan fingerprint density at radius 3 is 2.08 bits per heavy atom. The van der Waals surface area contributed by atoms with E-state index in [1.807, 2.05) is 30.9 Å². The van der Waals surface area contributed by atoms with Crippen molar-refractivity contribution >= 4 is 7.94 Å². The summed E-state index contributed by atoms with van der Waals surface area (Å²) in [6.45, 7) is 1.84. The zero-order valence-electron chi connectivity index (χ0n) is 6.98. The van der Waals surface area contributed by atoms with Gasteiger partial charge in [0.15, 0.2) is 0 Å². The van der Waals surface area contributed by atoms with Crippen molar-refractivity contribution in [2.45, 2.75) is 0 Å². The van der Waals surface area contributed by atoms with Crippen LogP contribution in [0.4, 0.5) is 0 Å². The summed E-state index contributed by atoms with van der Waals surface area (Å²) in [5.74, 6) is 1.55. The van der Waals surface area contributed by atoms with Crippen molar-refractivity contribution in [3.8, 4) is 11.5 Å². The molecule has 0 spiro atoms. The Hall–Kier alpha value is -0.790. The lowest BCUT2D eigenvalue weighted by Crippen LogP contribution is -2.01. The van der Waals surface area contributed by atoms with Crippen molar-refractivity contribution in [2.24, 2.45) is 0 Å².